The summed E-state index contributed by atoms with van der Waals surface area (Å²) < 4.78 is 5.24. The van der Waals surface area contributed by atoms with E-state index < -0.39 is 12.1 Å². The molecule has 1 N–H and O–H groups in total. The van der Waals surface area contributed by atoms with E-state index in [0.717, 1.165) is 30.2 Å². The van der Waals surface area contributed by atoms with Crippen molar-refractivity contribution in [2.24, 2.45) is 17.8 Å². The zero-order valence-electron chi connectivity index (χ0n) is 13.0. The number of ether oxygens (including phenoxy) is 1. The standard InChI is InChI=1S/C18H22BrNO3/c19-10-16(21)17(15-8-14(9-15)13-6-7-13)20-18(22)23-11-12-4-2-1-3-5-12/h1-5,13-15,17H,6-11H2,(H,20,22). The Labute approximate surface area is 145 Å². The number of amides is 1. The first-order chi connectivity index (χ1) is 11.2. The average Bonchev–Trinajstić information content (AvgIpc) is 3.35. The Kier molecular flexibility index (Phi) is 5.36. The van der Waals surface area contributed by atoms with E-state index in [1.54, 1.807) is 0 Å². The fourth-order valence-electron chi connectivity index (χ4n) is 3.37. The molecule has 0 heterocycles. The summed E-state index contributed by atoms with van der Waals surface area (Å²) in [6, 6.07) is 9.11. The summed E-state index contributed by atoms with van der Waals surface area (Å²) in [6.07, 6.45) is 4.25. The van der Waals surface area contributed by atoms with Crippen molar-refractivity contribution in [3.63, 3.8) is 0 Å². The first-order valence-corrected chi connectivity index (χ1v) is 9.35. The molecular weight excluding hydrogens is 358 g/mol. The lowest BCUT2D eigenvalue weighted by atomic mass is 9.68. The third-order valence-corrected chi connectivity index (χ3v) is 5.49. The van der Waals surface area contributed by atoms with Crippen molar-refractivity contribution < 1.29 is 14.3 Å². The third-order valence-electron chi connectivity index (χ3n) is 4.94. The highest BCUT2D eigenvalue weighted by Gasteiger charge is 2.45. The van der Waals surface area contributed by atoms with Gasteiger partial charge in [0.15, 0.2) is 5.78 Å². The maximum Gasteiger partial charge on any atom is 0.408 e. The van der Waals surface area contributed by atoms with E-state index in [0.29, 0.717) is 0 Å². The molecule has 1 unspecified atom stereocenters. The van der Waals surface area contributed by atoms with Gasteiger partial charge in [-0.2, -0.15) is 0 Å². The van der Waals surface area contributed by atoms with Crippen LogP contribution in [0, 0.1) is 17.8 Å². The van der Waals surface area contributed by atoms with Gasteiger partial charge in [0.25, 0.3) is 0 Å². The van der Waals surface area contributed by atoms with Crippen LogP contribution in [0.1, 0.15) is 31.2 Å². The molecule has 124 valence electrons. The van der Waals surface area contributed by atoms with Crippen LogP contribution >= 0.6 is 15.9 Å². The second-order valence-corrected chi connectivity index (χ2v) is 7.17. The van der Waals surface area contributed by atoms with Gasteiger partial charge in [-0.1, -0.05) is 46.3 Å². The molecule has 2 aliphatic rings. The Morgan fingerprint density at radius 3 is 2.48 bits per heavy atom. The van der Waals surface area contributed by atoms with Gasteiger partial charge in [0.1, 0.15) is 6.61 Å². The third kappa shape index (κ3) is 4.34. The number of hydrogen-bond donors (Lipinski definition) is 1. The molecule has 3 rings (SSSR count). The van der Waals surface area contributed by atoms with Gasteiger partial charge in [0.05, 0.1) is 11.4 Å². The molecule has 1 aromatic carbocycles. The zero-order valence-corrected chi connectivity index (χ0v) is 14.6. The highest BCUT2D eigenvalue weighted by molar-refractivity contribution is 9.09. The number of carbonyl (C=O) groups is 2. The second-order valence-electron chi connectivity index (χ2n) is 6.61. The summed E-state index contributed by atoms with van der Waals surface area (Å²) in [5.41, 5.74) is 0.934. The number of ketones is 1. The van der Waals surface area contributed by atoms with Gasteiger partial charge < -0.3 is 10.1 Å². The van der Waals surface area contributed by atoms with Crippen LogP contribution in [0.25, 0.3) is 0 Å². The molecule has 5 heteroatoms. The zero-order chi connectivity index (χ0) is 16.2. The summed E-state index contributed by atoms with van der Waals surface area (Å²) in [7, 11) is 0. The molecule has 0 radical (unpaired) electrons. The topological polar surface area (TPSA) is 55.4 Å². The molecule has 2 fully saturated rings. The van der Waals surface area contributed by atoms with E-state index in [1.807, 2.05) is 30.3 Å². The van der Waals surface area contributed by atoms with Gasteiger partial charge in [0, 0.05) is 0 Å². The van der Waals surface area contributed by atoms with Crippen LogP contribution in [-0.2, 0) is 16.1 Å². The molecule has 2 saturated carbocycles. The van der Waals surface area contributed by atoms with Crippen molar-refractivity contribution in [2.75, 3.05) is 5.33 Å². The van der Waals surface area contributed by atoms with Gasteiger partial charge in [-0.25, -0.2) is 4.79 Å². The minimum Gasteiger partial charge on any atom is -0.445 e. The van der Waals surface area contributed by atoms with Crippen LogP contribution < -0.4 is 5.32 Å². The van der Waals surface area contributed by atoms with Crippen LogP contribution in [0.2, 0.25) is 0 Å². The van der Waals surface area contributed by atoms with Crippen LogP contribution in [0.4, 0.5) is 4.79 Å². The van der Waals surface area contributed by atoms with Crippen molar-refractivity contribution >= 4 is 27.8 Å². The van der Waals surface area contributed by atoms with Gasteiger partial charge in [-0.3, -0.25) is 4.79 Å². The second kappa shape index (κ2) is 7.47. The molecule has 2 aliphatic carbocycles. The van der Waals surface area contributed by atoms with Crippen LogP contribution in [-0.4, -0.2) is 23.2 Å². The molecule has 0 spiro atoms. The van der Waals surface area contributed by atoms with Gasteiger partial charge in [-0.15, -0.1) is 0 Å². The lowest BCUT2D eigenvalue weighted by molar-refractivity contribution is -0.121. The van der Waals surface area contributed by atoms with Crippen molar-refractivity contribution in [3.05, 3.63) is 35.9 Å². The lowest BCUT2D eigenvalue weighted by Crippen LogP contribution is -2.51. The minimum absolute atomic E-state index is 0.0286. The fraction of sp³-hybridized carbons (Fsp3) is 0.556. The Hall–Kier alpha value is -1.36. The van der Waals surface area contributed by atoms with Crippen molar-refractivity contribution in [1.82, 2.24) is 5.32 Å². The molecule has 1 atom stereocenters. The number of Topliss-reactive ketones (excluding diaryl/α,β-unsaturated/α-hetero) is 1. The van der Waals surface area contributed by atoms with Gasteiger partial charge >= 0.3 is 6.09 Å². The number of rotatable bonds is 7. The molecule has 23 heavy (non-hydrogen) atoms. The number of alkyl carbamates (subject to hydrolysis) is 1. The van der Waals surface area contributed by atoms with E-state index in [9.17, 15) is 9.59 Å². The molecule has 0 saturated heterocycles. The predicted molar refractivity (Wildman–Crippen MR) is 91.3 cm³/mol. The molecule has 1 aromatic rings. The van der Waals surface area contributed by atoms with E-state index in [2.05, 4.69) is 21.2 Å². The van der Waals surface area contributed by atoms with E-state index in [4.69, 9.17) is 4.74 Å². The van der Waals surface area contributed by atoms with Crippen molar-refractivity contribution in [2.45, 2.75) is 38.3 Å². The summed E-state index contributed by atoms with van der Waals surface area (Å²) in [5.74, 6) is 1.92. The quantitative estimate of drug-likeness (QED) is 0.735. The van der Waals surface area contributed by atoms with Crippen LogP contribution in [0.15, 0.2) is 30.3 Å². The smallest absolute Gasteiger partial charge is 0.408 e. The first kappa shape index (κ1) is 16.5. The maximum absolute atomic E-state index is 12.1. The predicted octanol–water partition coefficient (Wildman–Crippen LogP) is 3.68. The maximum atomic E-state index is 12.1. The highest BCUT2D eigenvalue weighted by atomic mass is 79.9. The summed E-state index contributed by atoms with van der Waals surface area (Å²) in [4.78, 5) is 24.1. The molecule has 0 aromatic heterocycles. The normalized spacial score (nSPS) is 24.4. The van der Waals surface area contributed by atoms with E-state index in [1.165, 1.54) is 12.8 Å². The molecular formula is C18H22BrNO3. The summed E-state index contributed by atoms with van der Waals surface area (Å²) in [5, 5.41) is 3.04. The number of alkyl halides is 1. The Morgan fingerprint density at radius 2 is 1.87 bits per heavy atom. The first-order valence-electron chi connectivity index (χ1n) is 8.23. The Balaban J connectivity index is 1.49. The average molecular weight is 380 g/mol. The van der Waals surface area contributed by atoms with E-state index in [-0.39, 0.29) is 23.6 Å². The Bertz CT molecular complexity index is 553. The minimum atomic E-state index is -0.511. The number of benzene rings is 1. The monoisotopic (exact) mass is 379 g/mol. The number of carbonyl (C=O) groups excluding carboxylic acids is 2. The van der Waals surface area contributed by atoms with Gasteiger partial charge in [0.2, 0.25) is 0 Å². The van der Waals surface area contributed by atoms with Crippen molar-refractivity contribution in [1.29, 1.82) is 0 Å². The molecule has 4 nitrogen and oxygen atoms in total. The Morgan fingerprint density at radius 1 is 1.17 bits per heavy atom. The highest BCUT2D eigenvalue weighted by Crippen LogP contribution is 2.50. The molecule has 0 bridgehead atoms. The number of nitrogens with one attached hydrogen (secondary N) is 1. The SMILES string of the molecule is O=C(NC(C(=O)CBr)C1CC(C2CC2)C1)OCc1ccccc1. The fourth-order valence-corrected chi connectivity index (χ4v) is 3.72. The summed E-state index contributed by atoms with van der Waals surface area (Å²) in [6.45, 7) is 0.220. The van der Waals surface area contributed by atoms with Crippen molar-refractivity contribution in [3.8, 4) is 0 Å². The van der Waals surface area contributed by atoms with Gasteiger partial charge in [-0.05, 0) is 49.0 Å². The van der Waals surface area contributed by atoms with Crippen LogP contribution in [0.3, 0.4) is 0 Å². The van der Waals surface area contributed by atoms with Crippen LogP contribution in [0.5, 0.6) is 0 Å². The number of hydrogen-bond acceptors (Lipinski definition) is 3. The van der Waals surface area contributed by atoms with E-state index >= 15 is 0 Å². The molecule has 1 amide bonds. The largest absolute Gasteiger partial charge is 0.445 e. The number of halogens is 1. The lowest BCUT2D eigenvalue weighted by Gasteiger charge is -2.40. The molecule has 0 aliphatic heterocycles. The summed E-state index contributed by atoms with van der Waals surface area (Å²) >= 11 is 3.22.